The van der Waals surface area contributed by atoms with E-state index in [1.165, 1.54) is 5.56 Å². The third-order valence-corrected chi connectivity index (χ3v) is 4.54. The van der Waals surface area contributed by atoms with Crippen molar-refractivity contribution in [2.75, 3.05) is 13.1 Å². The van der Waals surface area contributed by atoms with Gasteiger partial charge in [0.15, 0.2) is 0 Å². The number of carboxylic acids is 1. The van der Waals surface area contributed by atoms with Crippen molar-refractivity contribution in [1.29, 1.82) is 0 Å². The van der Waals surface area contributed by atoms with Gasteiger partial charge in [-0.15, -0.1) is 24.8 Å². The van der Waals surface area contributed by atoms with Crippen LogP contribution >= 0.6 is 37.4 Å². The number of carboxylic acid groups (broad SMARTS) is 1. The number of aliphatic carboxylic acids is 1. The number of piperidine rings is 1. The number of likely N-dealkylation sites (tertiary alicyclic amines) is 1. The molecule has 7 heteroatoms. The average molecular weight is 353 g/mol. The molecule has 0 aromatic heterocycles. The molecule has 1 saturated heterocycles. The lowest BCUT2D eigenvalue weighted by Crippen LogP contribution is -2.54. The van der Waals surface area contributed by atoms with Gasteiger partial charge in [0.05, 0.1) is 0 Å². The largest absolute Gasteiger partial charge is 0.480 e. The van der Waals surface area contributed by atoms with Gasteiger partial charge in [-0.1, -0.05) is 30.3 Å². The molecule has 1 aromatic rings. The van der Waals surface area contributed by atoms with Gasteiger partial charge in [-0.2, -0.15) is 12.6 Å². The second-order valence-electron chi connectivity index (χ2n) is 5.18. The topological polar surface area (TPSA) is 66.6 Å². The molecule has 3 N–H and O–H groups in total. The number of halogens is 2. The second-order valence-corrected chi connectivity index (χ2v) is 6.07. The van der Waals surface area contributed by atoms with Gasteiger partial charge in [0, 0.05) is 11.3 Å². The summed E-state index contributed by atoms with van der Waals surface area (Å²) in [5.41, 5.74) is 7.00. The average Bonchev–Trinajstić information content (AvgIpc) is 2.42. The Morgan fingerprint density at radius 3 is 2.29 bits per heavy atom. The number of nitrogens with two attached hydrogens (primary N) is 1. The molecule has 0 saturated carbocycles. The lowest BCUT2D eigenvalue weighted by atomic mass is 9.88. The number of nitrogens with zero attached hydrogens (tertiary/aromatic N) is 1. The summed E-state index contributed by atoms with van der Waals surface area (Å²) in [5.74, 6) is -0.966. The molecule has 21 heavy (non-hydrogen) atoms. The molecule has 1 aliphatic rings. The summed E-state index contributed by atoms with van der Waals surface area (Å²) in [6.45, 7) is 2.56. The van der Waals surface area contributed by atoms with Crippen molar-refractivity contribution in [2.45, 2.75) is 30.2 Å². The SMILES string of the molecule is Cl.Cl.NC(C(=O)O)C1(S)CCN(Cc2ccccc2)CC1. The van der Waals surface area contributed by atoms with Crippen LogP contribution in [0.3, 0.4) is 0 Å². The smallest absolute Gasteiger partial charge is 0.321 e. The Morgan fingerprint density at radius 2 is 1.81 bits per heavy atom. The van der Waals surface area contributed by atoms with Gasteiger partial charge in [0.2, 0.25) is 0 Å². The second kappa shape index (κ2) is 8.86. The Balaban J connectivity index is 0.00000200. The van der Waals surface area contributed by atoms with E-state index in [4.69, 9.17) is 10.8 Å². The highest BCUT2D eigenvalue weighted by Gasteiger charge is 2.40. The summed E-state index contributed by atoms with van der Waals surface area (Å²) >= 11 is 4.52. The fraction of sp³-hybridized carbons (Fsp3) is 0.500. The molecule has 1 unspecified atom stereocenters. The molecule has 1 heterocycles. The molecule has 1 aliphatic heterocycles. The van der Waals surface area contributed by atoms with Crippen LogP contribution in [0.15, 0.2) is 30.3 Å². The molecular formula is C14H22Cl2N2O2S. The van der Waals surface area contributed by atoms with E-state index < -0.39 is 16.8 Å². The molecule has 0 spiro atoms. The summed E-state index contributed by atoms with van der Waals surface area (Å²) in [5, 5.41) is 9.01. The maximum Gasteiger partial charge on any atom is 0.321 e. The van der Waals surface area contributed by atoms with E-state index >= 15 is 0 Å². The number of rotatable bonds is 4. The van der Waals surface area contributed by atoms with Crippen molar-refractivity contribution in [1.82, 2.24) is 4.90 Å². The summed E-state index contributed by atoms with van der Waals surface area (Å²) in [6, 6.07) is 9.38. The van der Waals surface area contributed by atoms with Gasteiger partial charge >= 0.3 is 5.97 Å². The molecule has 120 valence electrons. The molecule has 1 fully saturated rings. The first-order valence-electron chi connectivity index (χ1n) is 6.48. The molecule has 2 rings (SSSR count). The lowest BCUT2D eigenvalue weighted by Gasteiger charge is -2.40. The summed E-state index contributed by atoms with van der Waals surface area (Å²) in [4.78, 5) is 13.3. The zero-order valence-corrected chi connectivity index (χ0v) is 14.2. The van der Waals surface area contributed by atoms with Crippen LogP contribution in [0.2, 0.25) is 0 Å². The minimum Gasteiger partial charge on any atom is -0.480 e. The zero-order valence-electron chi connectivity index (χ0n) is 11.6. The van der Waals surface area contributed by atoms with Gasteiger partial charge in [-0.25, -0.2) is 0 Å². The quantitative estimate of drug-likeness (QED) is 0.726. The van der Waals surface area contributed by atoms with Crippen LogP contribution in [0.4, 0.5) is 0 Å². The third kappa shape index (κ3) is 5.34. The number of benzene rings is 1. The first kappa shape index (κ1) is 20.5. The minimum absolute atomic E-state index is 0. The van der Waals surface area contributed by atoms with Crippen LogP contribution < -0.4 is 5.73 Å². The Hall–Kier alpha value is -0.460. The first-order chi connectivity index (χ1) is 9.01. The predicted molar refractivity (Wildman–Crippen MR) is 92.8 cm³/mol. The number of hydrogen-bond donors (Lipinski definition) is 3. The molecule has 0 amide bonds. The van der Waals surface area contributed by atoms with Gasteiger partial charge in [0.1, 0.15) is 6.04 Å². The van der Waals surface area contributed by atoms with E-state index in [0.29, 0.717) is 12.8 Å². The summed E-state index contributed by atoms with van der Waals surface area (Å²) in [6.07, 6.45) is 1.41. The number of thiol groups is 1. The first-order valence-corrected chi connectivity index (χ1v) is 6.93. The van der Waals surface area contributed by atoms with E-state index in [2.05, 4.69) is 29.7 Å². The van der Waals surface area contributed by atoms with Crippen molar-refractivity contribution < 1.29 is 9.90 Å². The van der Waals surface area contributed by atoms with E-state index in [1.54, 1.807) is 0 Å². The van der Waals surface area contributed by atoms with Gasteiger partial charge in [-0.05, 0) is 31.5 Å². The Morgan fingerprint density at radius 1 is 1.29 bits per heavy atom. The standard InChI is InChI=1S/C14H20N2O2S.2ClH/c15-12(13(17)18)14(19)6-8-16(9-7-14)10-11-4-2-1-3-5-11;;/h1-5,12,19H,6-10,15H2,(H,17,18);2*1H. The van der Waals surface area contributed by atoms with Gasteiger partial charge in [-0.3, -0.25) is 9.69 Å². The van der Waals surface area contributed by atoms with Gasteiger partial charge in [0.25, 0.3) is 0 Å². The molecule has 0 bridgehead atoms. The van der Waals surface area contributed by atoms with Crippen LogP contribution in [-0.4, -0.2) is 39.9 Å². The summed E-state index contributed by atoms with van der Waals surface area (Å²) < 4.78 is -0.584. The maximum atomic E-state index is 11.0. The van der Waals surface area contributed by atoms with Gasteiger partial charge < -0.3 is 10.8 Å². The molecule has 0 radical (unpaired) electrons. The third-order valence-electron chi connectivity index (χ3n) is 3.82. The fourth-order valence-electron chi connectivity index (χ4n) is 2.48. The monoisotopic (exact) mass is 352 g/mol. The van der Waals surface area contributed by atoms with Crippen LogP contribution in [-0.2, 0) is 11.3 Å². The highest BCUT2D eigenvalue weighted by molar-refractivity contribution is 7.82. The highest BCUT2D eigenvalue weighted by atomic mass is 35.5. The van der Waals surface area contributed by atoms with Crippen molar-refractivity contribution in [3.8, 4) is 0 Å². The van der Waals surface area contributed by atoms with Crippen molar-refractivity contribution in [3.63, 3.8) is 0 Å². The van der Waals surface area contributed by atoms with Crippen molar-refractivity contribution in [3.05, 3.63) is 35.9 Å². The molecule has 1 aromatic carbocycles. The van der Waals surface area contributed by atoms with E-state index in [0.717, 1.165) is 19.6 Å². The fourth-order valence-corrected chi connectivity index (χ4v) is 2.79. The minimum atomic E-state index is -0.966. The zero-order chi connectivity index (χ0) is 13.9. The van der Waals surface area contributed by atoms with E-state index in [-0.39, 0.29) is 24.8 Å². The summed E-state index contributed by atoms with van der Waals surface area (Å²) in [7, 11) is 0. The van der Waals surface area contributed by atoms with E-state index in [1.807, 2.05) is 18.2 Å². The maximum absolute atomic E-state index is 11.0. The van der Waals surface area contributed by atoms with E-state index in [9.17, 15) is 4.79 Å². The molecule has 0 aliphatic carbocycles. The Labute approximate surface area is 143 Å². The lowest BCUT2D eigenvalue weighted by molar-refractivity contribution is -0.139. The van der Waals surface area contributed by atoms with Crippen LogP contribution in [0.1, 0.15) is 18.4 Å². The number of carbonyl (C=O) groups is 1. The Bertz CT molecular complexity index is 440. The normalized spacial score (nSPS) is 19.0. The predicted octanol–water partition coefficient (Wildman–Crippen LogP) is 2.21. The number of hydrogen-bond acceptors (Lipinski definition) is 4. The Kier molecular flexibility index (Phi) is 8.66. The van der Waals surface area contributed by atoms with Crippen LogP contribution in [0, 0.1) is 0 Å². The van der Waals surface area contributed by atoms with Crippen molar-refractivity contribution in [2.24, 2.45) is 5.73 Å². The van der Waals surface area contributed by atoms with Crippen LogP contribution in [0.5, 0.6) is 0 Å². The van der Waals surface area contributed by atoms with Crippen molar-refractivity contribution >= 4 is 43.4 Å². The highest BCUT2D eigenvalue weighted by Crippen LogP contribution is 2.32. The molecule has 1 atom stereocenters. The molecular weight excluding hydrogens is 331 g/mol. The molecule has 4 nitrogen and oxygen atoms in total. The van der Waals surface area contributed by atoms with Crippen LogP contribution in [0.25, 0.3) is 0 Å².